The first-order valence-electron chi connectivity index (χ1n) is 7.92. The van der Waals surface area contributed by atoms with Crippen molar-refractivity contribution in [1.82, 2.24) is 9.88 Å². The number of aromatic nitrogens is 1. The van der Waals surface area contributed by atoms with Crippen molar-refractivity contribution in [2.75, 3.05) is 19.3 Å². The summed E-state index contributed by atoms with van der Waals surface area (Å²) in [6, 6.07) is 10.7. The Morgan fingerprint density at radius 1 is 1.39 bits per heavy atom. The quantitative estimate of drug-likeness (QED) is 0.791. The van der Waals surface area contributed by atoms with Gasteiger partial charge < -0.3 is 4.42 Å². The molecule has 1 aromatic heterocycles. The van der Waals surface area contributed by atoms with Gasteiger partial charge in [-0.05, 0) is 56.8 Å². The standard InChI is InChI=1S/C18H21N3OS/c1-13-17(12-21-9-3-4-14(10-19)11-21)20-18(22-13)15-5-7-16(23-2)8-6-15/h5-8,14H,3-4,9,11-12H2,1-2H3. The van der Waals surface area contributed by atoms with Gasteiger partial charge in [0, 0.05) is 23.5 Å². The van der Waals surface area contributed by atoms with Crippen LogP contribution in [0.3, 0.4) is 0 Å². The third-order valence-electron chi connectivity index (χ3n) is 4.29. The first-order chi connectivity index (χ1) is 11.2. The van der Waals surface area contributed by atoms with Crippen LogP contribution in [-0.4, -0.2) is 29.2 Å². The van der Waals surface area contributed by atoms with Gasteiger partial charge in [-0.15, -0.1) is 11.8 Å². The highest BCUT2D eigenvalue weighted by Crippen LogP contribution is 2.26. The smallest absolute Gasteiger partial charge is 0.226 e. The van der Waals surface area contributed by atoms with Crippen molar-refractivity contribution in [3.05, 3.63) is 35.7 Å². The first-order valence-corrected chi connectivity index (χ1v) is 9.14. The molecule has 1 aromatic carbocycles. The Bertz CT molecular complexity index is 702. The summed E-state index contributed by atoms with van der Waals surface area (Å²) in [5, 5.41) is 9.11. The highest BCUT2D eigenvalue weighted by atomic mass is 32.2. The maximum absolute atomic E-state index is 9.11. The molecule has 3 rings (SSSR count). The number of hydrogen-bond acceptors (Lipinski definition) is 5. The number of likely N-dealkylation sites (tertiary alicyclic amines) is 1. The van der Waals surface area contributed by atoms with Gasteiger partial charge in [0.1, 0.15) is 5.76 Å². The van der Waals surface area contributed by atoms with Crippen LogP contribution >= 0.6 is 11.8 Å². The van der Waals surface area contributed by atoms with E-state index in [4.69, 9.17) is 9.68 Å². The highest BCUT2D eigenvalue weighted by Gasteiger charge is 2.21. The van der Waals surface area contributed by atoms with Crippen molar-refractivity contribution in [3.63, 3.8) is 0 Å². The Morgan fingerprint density at radius 3 is 2.87 bits per heavy atom. The predicted octanol–water partition coefficient (Wildman–Crippen LogP) is 4.11. The Balaban J connectivity index is 1.74. The van der Waals surface area contributed by atoms with Crippen molar-refractivity contribution >= 4 is 11.8 Å². The summed E-state index contributed by atoms with van der Waals surface area (Å²) >= 11 is 1.72. The zero-order valence-electron chi connectivity index (χ0n) is 13.6. The third-order valence-corrected chi connectivity index (χ3v) is 5.03. The maximum Gasteiger partial charge on any atom is 0.226 e. The summed E-state index contributed by atoms with van der Waals surface area (Å²) in [4.78, 5) is 8.22. The van der Waals surface area contributed by atoms with E-state index in [0.717, 1.165) is 49.5 Å². The van der Waals surface area contributed by atoms with E-state index in [0.29, 0.717) is 5.89 Å². The van der Waals surface area contributed by atoms with Crippen molar-refractivity contribution in [2.45, 2.75) is 31.2 Å². The molecular weight excluding hydrogens is 306 g/mol. The van der Waals surface area contributed by atoms with Crippen molar-refractivity contribution in [2.24, 2.45) is 5.92 Å². The summed E-state index contributed by atoms with van der Waals surface area (Å²) < 4.78 is 5.86. The number of oxazole rings is 1. The minimum atomic E-state index is 0.148. The molecule has 2 aromatic rings. The second-order valence-electron chi connectivity index (χ2n) is 5.95. The zero-order valence-corrected chi connectivity index (χ0v) is 14.4. The van der Waals surface area contributed by atoms with E-state index in [9.17, 15) is 0 Å². The lowest BCUT2D eigenvalue weighted by molar-refractivity contribution is 0.189. The summed E-state index contributed by atoms with van der Waals surface area (Å²) in [5.41, 5.74) is 1.98. The van der Waals surface area contributed by atoms with E-state index < -0.39 is 0 Å². The molecule has 0 spiro atoms. The van der Waals surface area contributed by atoms with E-state index in [1.807, 2.05) is 19.1 Å². The molecule has 0 amide bonds. The predicted molar refractivity (Wildman–Crippen MR) is 92.1 cm³/mol. The Morgan fingerprint density at radius 2 is 2.17 bits per heavy atom. The maximum atomic E-state index is 9.11. The van der Waals surface area contributed by atoms with Gasteiger partial charge in [-0.2, -0.15) is 5.26 Å². The topological polar surface area (TPSA) is 53.1 Å². The number of piperidine rings is 1. The van der Waals surface area contributed by atoms with Gasteiger partial charge in [-0.3, -0.25) is 4.90 Å². The molecule has 1 unspecified atom stereocenters. The number of nitriles is 1. The van der Waals surface area contributed by atoms with E-state index in [-0.39, 0.29) is 5.92 Å². The van der Waals surface area contributed by atoms with Crippen LogP contribution in [-0.2, 0) is 6.54 Å². The molecule has 1 fully saturated rings. The summed E-state index contributed by atoms with van der Waals surface area (Å²) in [7, 11) is 0. The summed E-state index contributed by atoms with van der Waals surface area (Å²) in [5.74, 6) is 1.70. The third kappa shape index (κ3) is 3.77. The molecule has 0 saturated carbocycles. The SMILES string of the molecule is CSc1ccc(-c2nc(CN3CCCC(C#N)C3)c(C)o2)cc1. The fraction of sp³-hybridized carbons (Fsp3) is 0.444. The molecule has 0 radical (unpaired) electrons. The van der Waals surface area contributed by atoms with Crippen molar-refractivity contribution < 1.29 is 4.42 Å². The minimum Gasteiger partial charge on any atom is -0.441 e. The number of hydrogen-bond donors (Lipinski definition) is 0. The van der Waals surface area contributed by atoms with Crippen molar-refractivity contribution in [3.8, 4) is 17.5 Å². The van der Waals surface area contributed by atoms with Crippen molar-refractivity contribution in [1.29, 1.82) is 5.26 Å². The lowest BCUT2D eigenvalue weighted by atomic mass is 9.99. The Kier molecular flexibility index (Phi) is 5.04. The monoisotopic (exact) mass is 327 g/mol. The van der Waals surface area contributed by atoms with Gasteiger partial charge in [-0.1, -0.05) is 0 Å². The molecule has 1 aliphatic heterocycles. The number of rotatable bonds is 4. The van der Waals surface area contributed by atoms with Gasteiger partial charge in [0.05, 0.1) is 17.7 Å². The van der Waals surface area contributed by atoms with Gasteiger partial charge in [0.15, 0.2) is 0 Å². The average Bonchev–Trinajstić information content (AvgIpc) is 2.96. The molecule has 0 aliphatic carbocycles. The number of aryl methyl sites for hydroxylation is 1. The molecule has 0 N–H and O–H groups in total. The molecule has 0 bridgehead atoms. The van der Waals surface area contributed by atoms with Crippen LogP contribution in [0.2, 0.25) is 0 Å². The van der Waals surface area contributed by atoms with Gasteiger partial charge in [0.25, 0.3) is 0 Å². The molecule has 2 heterocycles. The lowest BCUT2D eigenvalue weighted by Crippen LogP contribution is -2.34. The first kappa shape index (κ1) is 16.1. The van der Waals surface area contributed by atoms with Crippen LogP contribution in [0.15, 0.2) is 33.6 Å². The van der Waals surface area contributed by atoms with Gasteiger partial charge in [0.2, 0.25) is 5.89 Å². The molecule has 1 saturated heterocycles. The molecule has 4 nitrogen and oxygen atoms in total. The van der Waals surface area contributed by atoms with E-state index in [1.165, 1.54) is 4.90 Å². The number of nitrogens with zero attached hydrogens (tertiary/aromatic N) is 3. The highest BCUT2D eigenvalue weighted by molar-refractivity contribution is 7.98. The fourth-order valence-electron chi connectivity index (χ4n) is 2.95. The molecule has 1 aliphatic rings. The number of thioether (sulfide) groups is 1. The fourth-order valence-corrected chi connectivity index (χ4v) is 3.36. The van der Waals surface area contributed by atoms with Crippen LogP contribution in [0.1, 0.15) is 24.3 Å². The van der Waals surface area contributed by atoms with Crippen LogP contribution in [0.25, 0.3) is 11.5 Å². The van der Waals surface area contributed by atoms with Gasteiger partial charge in [-0.25, -0.2) is 4.98 Å². The molecule has 5 heteroatoms. The van der Waals surface area contributed by atoms with Crippen LogP contribution in [0.4, 0.5) is 0 Å². The Hall–Kier alpha value is -1.77. The zero-order chi connectivity index (χ0) is 16.2. The Labute approximate surface area is 141 Å². The minimum absolute atomic E-state index is 0.148. The van der Waals surface area contributed by atoms with Crippen LogP contribution in [0, 0.1) is 24.2 Å². The normalized spacial score (nSPS) is 18.7. The van der Waals surface area contributed by atoms with Crippen LogP contribution in [0.5, 0.6) is 0 Å². The molecule has 1 atom stereocenters. The molecule has 23 heavy (non-hydrogen) atoms. The molecular formula is C18H21N3OS. The van der Waals surface area contributed by atoms with E-state index in [2.05, 4.69) is 34.3 Å². The second kappa shape index (κ2) is 7.20. The van der Waals surface area contributed by atoms with E-state index in [1.54, 1.807) is 11.8 Å². The lowest BCUT2D eigenvalue weighted by Gasteiger charge is -2.28. The average molecular weight is 327 g/mol. The number of benzene rings is 1. The molecule has 120 valence electrons. The largest absolute Gasteiger partial charge is 0.441 e. The second-order valence-corrected chi connectivity index (χ2v) is 6.83. The van der Waals surface area contributed by atoms with E-state index >= 15 is 0 Å². The summed E-state index contributed by atoms with van der Waals surface area (Å²) in [6.07, 6.45) is 4.16. The summed E-state index contributed by atoms with van der Waals surface area (Å²) in [6.45, 7) is 4.59. The van der Waals surface area contributed by atoms with Gasteiger partial charge >= 0.3 is 0 Å². The van der Waals surface area contributed by atoms with Crippen LogP contribution < -0.4 is 0 Å².